The Balaban J connectivity index is 1.71. The Morgan fingerprint density at radius 1 is 1.15 bits per heavy atom. The summed E-state index contributed by atoms with van der Waals surface area (Å²) in [5, 5.41) is 12.0. The third kappa shape index (κ3) is 5.69. The summed E-state index contributed by atoms with van der Waals surface area (Å²) < 4.78 is 44.0. The first-order valence-electron chi connectivity index (χ1n) is 9.62. The molecule has 0 radical (unpaired) electrons. The molecule has 1 saturated heterocycles. The topological polar surface area (TPSA) is 75.9 Å². The summed E-state index contributed by atoms with van der Waals surface area (Å²) in [4.78, 5) is 26.2. The Bertz CT molecular complexity index is 1100. The van der Waals surface area contributed by atoms with Crippen molar-refractivity contribution in [2.24, 2.45) is 0 Å². The van der Waals surface area contributed by atoms with Crippen LogP contribution in [0.1, 0.15) is 11.1 Å². The largest absolute Gasteiger partial charge is 0.495 e. The molecular formula is C21H18Cl2F3N3O4. The van der Waals surface area contributed by atoms with Gasteiger partial charge in [0.15, 0.2) is 0 Å². The van der Waals surface area contributed by atoms with Gasteiger partial charge in [-0.25, -0.2) is 0 Å². The van der Waals surface area contributed by atoms with Crippen LogP contribution in [0.15, 0.2) is 36.4 Å². The van der Waals surface area contributed by atoms with Crippen LogP contribution in [-0.4, -0.2) is 49.0 Å². The predicted octanol–water partition coefficient (Wildman–Crippen LogP) is 5.29. The smallest absolute Gasteiger partial charge is 0.416 e. The van der Waals surface area contributed by atoms with E-state index in [-0.39, 0.29) is 37.8 Å². The number of nitro groups is 1. The lowest BCUT2D eigenvalue weighted by Gasteiger charge is -2.35. The molecule has 33 heavy (non-hydrogen) atoms. The molecule has 2 aromatic rings. The van der Waals surface area contributed by atoms with Crippen molar-refractivity contribution in [1.29, 1.82) is 0 Å². The summed E-state index contributed by atoms with van der Waals surface area (Å²) in [7, 11) is 1.44. The number of benzene rings is 2. The van der Waals surface area contributed by atoms with E-state index in [1.54, 1.807) is 11.0 Å². The van der Waals surface area contributed by atoms with E-state index in [1.807, 2.05) is 0 Å². The first-order chi connectivity index (χ1) is 15.5. The molecule has 1 heterocycles. The number of hydrogen-bond donors (Lipinski definition) is 0. The highest BCUT2D eigenvalue weighted by molar-refractivity contribution is 6.36. The molecule has 0 atom stereocenters. The van der Waals surface area contributed by atoms with Gasteiger partial charge in [0, 0.05) is 48.9 Å². The van der Waals surface area contributed by atoms with E-state index in [2.05, 4.69) is 0 Å². The van der Waals surface area contributed by atoms with Gasteiger partial charge in [-0.1, -0.05) is 23.2 Å². The normalized spacial score (nSPS) is 14.6. The van der Waals surface area contributed by atoms with Crippen LogP contribution in [0.3, 0.4) is 0 Å². The maximum absolute atomic E-state index is 12.9. The van der Waals surface area contributed by atoms with Crippen LogP contribution < -0.4 is 9.64 Å². The van der Waals surface area contributed by atoms with Crippen LogP contribution in [0.2, 0.25) is 10.0 Å². The van der Waals surface area contributed by atoms with Crippen molar-refractivity contribution in [3.05, 3.63) is 67.7 Å². The van der Waals surface area contributed by atoms with Gasteiger partial charge in [0.05, 0.1) is 22.6 Å². The lowest BCUT2D eigenvalue weighted by molar-refractivity contribution is -0.384. The van der Waals surface area contributed by atoms with Crippen LogP contribution >= 0.6 is 23.2 Å². The Hall–Kier alpha value is -2.98. The number of rotatable bonds is 5. The standard InChI is InChI=1S/C21H18Cl2F3N3O4/c1-33-20-13(10-15(22)12-16(20)23)2-5-19(30)28-8-6-27(7-9-28)17-4-3-14(21(24,25)26)11-18(17)29(31)32/h2-5,10-12H,6-9H2,1H3/b5-2+. The van der Waals surface area contributed by atoms with E-state index in [9.17, 15) is 28.1 Å². The molecule has 1 amide bonds. The number of alkyl halides is 3. The van der Waals surface area contributed by atoms with Gasteiger partial charge >= 0.3 is 6.18 Å². The van der Waals surface area contributed by atoms with Gasteiger partial charge in [0.2, 0.25) is 5.91 Å². The number of nitro benzene ring substituents is 1. The lowest BCUT2D eigenvalue weighted by atomic mass is 10.1. The van der Waals surface area contributed by atoms with Crippen molar-refractivity contribution in [2.45, 2.75) is 6.18 Å². The highest BCUT2D eigenvalue weighted by Crippen LogP contribution is 2.37. The van der Waals surface area contributed by atoms with Crippen LogP contribution in [-0.2, 0) is 11.0 Å². The first-order valence-corrected chi connectivity index (χ1v) is 10.4. The molecule has 7 nitrogen and oxygen atoms in total. The number of nitrogens with zero attached hydrogens (tertiary/aromatic N) is 3. The Labute approximate surface area is 197 Å². The Kier molecular flexibility index (Phi) is 7.38. The number of methoxy groups -OCH3 is 1. The molecule has 1 aliphatic rings. The first kappa shape index (κ1) is 24.7. The van der Waals surface area contributed by atoms with Gasteiger partial charge in [-0.2, -0.15) is 13.2 Å². The van der Waals surface area contributed by atoms with Gasteiger partial charge in [0.25, 0.3) is 5.69 Å². The molecule has 176 valence electrons. The molecule has 0 aliphatic carbocycles. The number of anilines is 1. The van der Waals surface area contributed by atoms with E-state index >= 15 is 0 Å². The zero-order chi connectivity index (χ0) is 24.3. The molecule has 0 saturated carbocycles. The molecule has 0 spiro atoms. The van der Waals surface area contributed by atoms with Crippen molar-refractivity contribution >= 4 is 46.6 Å². The van der Waals surface area contributed by atoms with E-state index < -0.39 is 22.4 Å². The quantitative estimate of drug-likeness (QED) is 0.314. The Morgan fingerprint density at radius 3 is 2.39 bits per heavy atom. The summed E-state index contributed by atoms with van der Waals surface area (Å²) in [6, 6.07) is 5.54. The van der Waals surface area contributed by atoms with Gasteiger partial charge < -0.3 is 14.5 Å². The summed E-state index contributed by atoms with van der Waals surface area (Å²) in [5.74, 6) is 0.0549. The third-order valence-electron chi connectivity index (χ3n) is 5.08. The lowest BCUT2D eigenvalue weighted by Crippen LogP contribution is -2.48. The third-order valence-corrected chi connectivity index (χ3v) is 5.58. The van der Waals surface area contributed by atoms with Crippen molar-refractivity contribution < 1.29 is 27.6 Å². The number of carbonyl (C=O) groups excluding carboxylic acids is 1. The molecule has 0 N–H and O–H groups in total. The fourth-order valence-electron chi connectivity index (χ4n) is 3.47. The predicted molar refractivity (Wildman–Crippen MR) is 119 cm³/mol. The highest BCUT2D eigenvalue weighted by Gasteiger charge is 2.34. The monoisotopic (exact) mass is 503 g/mol. The fourth-order valence-corrected chi connectivity index (χ4v) is 4.05. The van der Waals surface area contributed by atoms with Gasteiger partial charge in [-0.15, -0.1) is 0 Å². The van der Waals surface area contributed by atoms with Gasteiger partial charge in [0.1, 0.15) is 11.4 Å². The summed E-state index contributed by atoms with van der Waals surface area (Å²) in [6.07, 6.45) is -1.83. The number of hydrogen-bond acceptors (Lipinski definition) is 5. The second kappa shape index (κ2) is 9.88. The van der Waals surface area contributed by atoms with Crippen molar-refractivity contribution in [2.75, 3.05) is 38.2 Å². The molecule has 1 fully saturated rings. The summed E-state index contributed by atoms with van der Waals surface area (Å²) >= 11 is 12.1. The maximum Gasteiger partial charge on any atom is 0.416 e. The molecule has 0 unspecified atom stereocenters. The Morgan fingerprint density at radius 2 is 1.82 bits per heavy atom. The molecule has 0 aromatic heterocycles. The number of halogens is 5. The van der Waals surface area contributed by atoms with E-state index in [0.717, 1.165) is 12.1 Å². The molecular weight excluding hydrogens is 486 g/mol. The molecule has 2 aromatic carbocycles. The average Bonchev–Trinajstić information content (AvgIpc) is 2.76. The molecule has 12 heteroatoms. The maximum atomic E-state index is 12.9. The average molecular weight is 504 g/mol. The number of carbonyl (C=O) groups is 1. The summed E-state index contributed by atoms with van der Waals surface area (Å²) in [5.41, 5.74) is -1.13. The van der Waals surface area contributed by atoms with Crippen LogP contribution in [0.5, 0.6) is 5.75 Å². The van der Waals surface area contributed by atoms with E-state index in [4.69, 9.17) is 27.9 Å². The highest BCUT2D eigenvalue weighted by atomic mass is 35.5. The second-order valence-corrected chi connectivity index (χ2v) is 7.96. The number of ether oxygens (including phenoxy) is 1. The number of piperazine rings is 1. The van der Waals surface area contributed by atoms with Crippen molar-refractivity contribution in [3.63, 3.8) is 0 Å². The fraction of sp³-hybridized carbons (Fsp3) is 0.286. The van der Waals surface area contributed by atoms with Crippen molar-refractivity contribution in [1.82, 2.24) is 4.90 Å². The SMILES string of the molecule is COc1c(Cl)cc(Cl)cc1/C=C/C(=O)N1CCN(c2ccc(C(F)(F)F)cc2[N+](=O)[O-])CC1. The molecule has 3 rings (SSSR count). The zero-order valence-electron chi connectivity index (χ0n) is 17.2. The number of amides is 1. The summed E-state index contributed by atoms with van der Waals surface area (Å²) in [6.45, 7) is 0.903. The van der Waals surface area contributed by atoms with E-state index in [1.165, 1.54) is 30.2 Å². The minimum Gasteiger partial charge on any atom is -0.495 e. The van der Waals surface area contributed by atoms with Crippen molar-refractivity contribution in [3.8, 4) is 5.75 Å². The van der Waals surface area contributed by atoms with Crippen LogP contribution in [0, 0.1) is 10.1 Å². The van der Waals surface area contributed by atoms with Gasteiger partial charge in [-0.3, -0.25) is 14.9 Å². The van der Waals surface area contributed by atoms with E-state index in [0.29, 0.717) is 27.4 Å². The minimum absolute atomic E-state index is 0.0777. The second-order valence-electron chi connectivity index (χ2n) is 7.11. The van der Waals surface area contributed by atoms with Crippen LogP contribution in [0.25, 0.3) is 6.08 Å². The van der Waals surface area contributed by atoms with Gasteiger partial charge in [-0.05, 0) is 30.3 Å². The molecule has 0 bridgehead atoms. The van der Waals surface area contributed by atoms with Crippen LogP contribution in [0.4, 0.5) is 24.5 Å². The molecule has 1 aliphatic heterocycles. The minimum atomic E-state index is -4.68. The zero-order valence-corrected chi connectivity index (χ0v) is 18.7.